The molecule has 1 aliphatic heterocycles. The van der Waals surface area contributed by atoms with Gasteiger partial charge in [-0.15, -0.1) is 0 Å². The minimum atomic E-state index is -0.284. The van der Waals surface area contributed by atoms with Crippen molar-refractivity contribution in [3.05, 3.63) is 48.6 Å². The van der Waals surface area contributed by atoms with Crippen LogP contribution in [-0.4, -0.2) is 43.3 Å². The van der Waals surface area contributed by atoms with Crippen molar-refractivity contribution in [3.63, 3.8) is 0 Å². The number of allylic oxidation sites excluding steroid dienone is 8. The molecule has 0 aliphatic carbocycles. The first kappa shape index (κ1) is 41.8. The number of ether oxygens (including phenoxy) is 2. The van der Waals surface area contributed by atoms with E-state index in [1.54, 1.807) is 0 Å². The van der Waals surface area contributed by atoms with Crippen LogP contribution in [0.3, 0.4) is 0 Å². The van der Waals surface area contributed by atoms with Gasteiger partial charge in [-0.1, -0.05) is 140 Å². The number of aliphatic hydroxyl groups is 1. The van der Waals surface area contributed by atoms with Crippen molar-refractivity contribution < 1.29 is 14.6 Å². The molecule has 0 bridgehead atoms. The van der Waals surface area contributed by atoms with Crippen LogP contribution in [0.1, 0.15) is 174 Å². The van der Waals surface area contributed by atoms with Crippen molar-refractivity contribution in [2.75, 3.05) is 19.8 Å². The molecule has 1 aliphatic rings. The van der Waals surface area contributed by atoms with E-state index in [1.807, 2.05) is 0 Å². The zero-order valence-corrected chi connectivity index (χ0v) is 29.9. The van der Waals surface area contributed by atoms with Gasteiger partial charge in [0, 0.05) is 19.8 Å². The Morgan fingerprint density at radius 2 is 0.911 bits per heavy atom. The molecule has 2 atom stereocenters. The molecule has 0 aromatic carbocycles. The fraction of sp³-hybridized carbons (Fsp3) is 0.805. The van der Waals surface area contributed by atoms with Crippen molar-refractivity contribution in [1.29, 1.82) is 0 Å². The molecule has 1 fully saturated rings. The SMILES string of the molecule is CCCCCC=CCC=CCCCCCCCCOC(OCCCCCCCCC=CCC=CCCCCC)[C@@H]1C[C@@H](O)CN1. The largest absolute Gasteiger partial charge is 0.392 e. The van der Waals surface area contributed by atoms with E-state index in [2.05, 4.69) is 67.8 Å². The van der Waals surface area contributed by atoms with E-state index in [0.29, 0.717) is 6.54 Å². The van der Waals surface area contributed by atoms with Gasteiger partial charge in [0.15, 0.2) is 6.29 Å². The van der Waals surface area contributed by atoms with Crippen molar-refractivity contribution in [2.24, 2.45) is 0 Å². The average Bonchev–Trinajstić information content (AvgIpc) is 3.48. The van der Waals surface area contributed by atoms with Crippen molar-refractivity contribution in [1.82, 2.24) is 5.32 Å². The zero-order valence-electron chi connectivity index (χ0n) is 29.9. The first-order chi connectivity index (χ1) is 22.3. The van der Waals surface area contributed by atoms with Crippen LogP contribution >= 0.6 is 0 Å². The third-order valence-corrected chi connectivity index (χ3v) is 8.72. The minimum Gasteiger partial charge on any atom is -0.392 e. The second-order valence-electron chi connectivity index (χ2n) is 13.2. The fourth-order valence-electron chi connectivity index (χ4n) is 5.81. The first-order valence-electron chi connectivity index (χ1n) is 19.5. The molecule has 1 saturated heterocycles. The lowest BCUT2D eigenvalue weighted by Crippen LogP contribution is -2.39. The van der Waals surface area contributed by atoms with Crippen LogP contribution in [0.25, 0.3) is 0 Å². The summed E-state index contributed by atoms with van der Waals surface area (Å²) in [4.78, 5) is 0. The summed E-state index contributed by atoms with van der Waals surface area (Å²) in [6, 6.07) is 0.106. The van der Waals surface area contributed by atoms with Gasteiger partial charge < -0.3 is 19.9 Å². The van der Waals surface area contributed by atoms with Gasteiger partial charge in [0.1, 0.15) is 0 Å². The molecule has 0 saturated carbocycles. The van der Waals surface area contributed by atoms with E-state index in [9.17, 15) is 5.11 Å². The first-order valence-corrected chi connectivity index (χ1v) is 19.5. The fourth-order valence-corrected chi connectivity index (χ4v) is 5.81. The molecule has 2 N–H and O–H groups in total. The second kappa shape index (κ2) is 34.1. The number of hydrogen-bond donors (Lipinski definition) is 2. The lowest BCUT2D eigenvalue weighted by Gasteiger charge is -2.24. The summed E-state index contributed by atoms with van der Waals surface area (Å²) in [5.41, 5.74) is 0. The summed E-state index contributed by atoms with van der Waals surface area (Å²) in [6.45, 7) is 6.66. The summed E-state index contributed by atoms with van der Waals surface area (Å²) in [5, 5.41) is 13.4. The van der Waals surface area contributed by atoms with Crippen LogP contribution in [0.5, 0.6) is 0 Å². The van der Waals surface area contributed by atoms with Crippen LogP contribution in [-0.2, 0) is 9.47 Å². The highest BCUT2D eigenvalue weighted by Crippen LogP contribution is 2.17. The number of hydrogen-bond acceptors (Lipinski definition) is 4. The molecule has 1 rings (SSSR count). The Morgan fingerprint density at radius 1 is 0.533 bits per heavy atom. The Labute approximate surface area is 280 Å². The molecule has 0 unspecified atom stereocenters. The van der Waals surface area contributed by atoms with E-state index >= 15 is 0 Å². The third-order valence-electron chi connectivity index (χ3n) is 8.72. The minimum absolute atomic E-state index is 0.106. The lowest BCUT2D eigenvalue weighted by atomic mass is 10.1. The summed E-state index contributed by atoms with van der Waals surface area (Å²) in [6.07, 6.45) is 48.9. The highest BCUT2D eigenvalue weighted by Gasteiger charge is 2.30. The molecule has 0 radical (unpaired) electrons. The summed E-state index contributed by atoms with van der Waals surface area (Å²) in [5.74, 6) is 0. The van der Waals surface area contributed by atoms with Gasteiger partial charge in [0.2, 0.25) is 0 Å². The number of aliphatic hydroxyl groups excluding tert-OH is 1. The van der Waals surface area contributed by atoms with Crippen LogP contribution in [0.4, 0.5) is 0 Å². The molecule has 0 aromatic heterocycles. The van der Waals surface area contributed by atoms with Crippen LogP contribution < -0.4 is 5.32 Å². The van der Waals surface area contributed by atoms with Gasteiger partial charge in [0.25, 0.3) is 0 Å². The van der Waals surface area contributed by atoms with Gasteiger partial charge in [-0.2, -0.15) is 0 Å². The van der Waals surface area contributed by atoms with Crippen LogP contribution in [0.2, 0.25) is 0 Å². The van der Waals surface area contributed by atoms with E-state index < -0.39 is 0 Å². The van der Waals surface area contributed by atoms with E-state index in [0.717, 1.165) is 45.3 Å². The van der Waals surface area contributed by atoms with E-state index in [1.165, 1.54) is 128 Å². The number of unbranched alkanes of at least 4 members (excludes halogenated alkanes) is 18. The maximum atomic E-state index is 10.0. The maximum absolute atomic E-state index is 10.0. The summed E-state index contributed by atoms with van der Waals surface area (Å²) in [7, 11) is 0. The molecule has 4 heteroatoms. The monoisotopic (exact) mass is 630 g/mol. The summed E-state index contributed by atoms with van der Waals surface area (Å²) < 4.78 is 12.4. The Balaban J connectivity index is 1.99. The molecule has 45 heavy (non-hydrogen) atoms. The predicted molar refractivity (Wildman–Crippen MR) is 197 cm³/mol. The Bertz CT molecular complexity index is 666. The van der Waals surface area contributed by atoms with E-state index in [-0.39, 0.29) is 18.4 Å². The highest BCUT2D eigenvalue weighted by atomic mass is 16.7. The second-order valence-corrected chi connectivity index (χ2v) is 13.2. The molecule has 4 nitrogen and oxygen atoms in total. The standard InChI is InChI=1S/C41H75NO3/c1-3-5-7-9-11-13-15-17-19-21-23-25-27-29-31-33-35-44-41(40-37-39(43)38-42-40)45-36-34-32-30-28-26-24-22-20-18-16-14-12-10-8-6-4-2/h11-14,17-20,39-43H,3-10,15-16,21-38H2,1-2H3/t39-,40+,41?/m1/s1. The van der Waals surface area contributed by atoms with Crippen molar-refractivity contribution >= 4 is 0 Å². The average molecular weight is 630 g/mol. The molecular weight excluding hydrogens is 554 g/mol. The normalized spacial score (nSPS) is 18.1. The van der Waals surface area contributed by atoms with Crippen molar-refractivity contribution in [2.45, 2.75) is 193 Å². The number of rotatable bonds is 33. The highest BCUT2D eigenvalue weighted by molar-refractivity contribution is 4.93. The smallest absolute Gasteiger partial charge is 0.172 e. The molecular formula is C41H75NO3. The maximum Gasteiger partial charge on any atom is 0.172 e. The Hall–Kier alpha value is -1.20. The molecule has 1 heterocycles. The van der Waals surface area contributed by atoms with Crippen molar-refractivity contribution in [3.8, 4) is 0 Å². The van der Waals surface area contributed by atoms with Crippen LogP contribution in [0, 0.1) is 0 Å². The third kappa shape index (κ3) is 28.7. The van der Waals surface area contributed by atoms with Gasteiger partial charge in [0.05, 0.1) is 12.1 Å². The van der Waals surface area contributed by atoms with Gasteiger partial charge in [-0.05, 0) is 83.5 Å². The van der Waals surface area contributed by atoms with Gasteiger partial charge in [-0.25, -0.2) is 0 Å². The quantitative estimate of drug-likeness (QED) is 0.0431. The predicted octanol–water partition coefficient (Wildman–Crippen LogP) is 11.7. The topological polar surface area (TPSA) is 50.7 Å². The summed E-state index contributed by atoms with van der Waals surface area (Å²) >= 11 is 0. The van der Waals surface area contributed by atoms with Crippen LogP contribution in [0.15, 0.2) is 48.6 Å². The Morgan fingerprint density at radius 3 is 1.29 bits per heavy atom. The molecule has 0 amide bonds. The zero-order chi connectivity index (χ0) is 32.3. The van der Waals surface area contributed by atoms with E-state index in [4.69, 9.17) is 9.47 Å². The van der Waals surface area contributed by atoms with Gasteiger partial charge >= 0.3 is 0 Å². The molecule has 0 aromatic rings. The number of nitrogens with one attached hydrogen (secondary N) is 1. The number of β-amino-alcohol motifs (C(OH)–C–C–N with tert-alkyl or cyclic N) is 1. The lowest BCUT2D eigenvalue weighted by molar-refractivity contribution is -0.159. The molecule has 262 valence electrons. The Kier molecular flexibility index (Phi) is 31.7. The van der Waals surface area contributed by atoms with Gasteiger partial charge in [-0.3, -0.25) is 0 Å². The molecule has 0 spiro atoms.